The average Bonchev–Trinajstić information content (AvgIpc) is 3.03. The SMILES string of the molecule is CCCn1ccnc1CC(NC)c1cn(C)nc1CC. The van der Waals surface area contributed by atoms with Gasteiger partial charge in [-0.25, -0.2) is 4.98 Å². The van der Waals surface area contributed by atoms with Crippen molar-refractivity contribution in [2.24, 2.45) is 7.05 Å². The van der Waals surface area contributed by atoms with Gasteiger partial charge in [-0.05, 0) is 19.9 Å². The molecule has 5 heteroatoms. The second kappa shape index (κ2) is 6.70. The average molecular weight is 275 g/mol. The summed E-state index contributed by atoms with van der Waals surface area (Å²) in [6, 6.07) is 0.261. The molecule has 5 nitrogen and oxygen atoms in total. The zero-order chi connectivity index (χ0) is 14.5. The normalized spacial score (nSPS) is 12.8. The van der Waals surface area contributed by atoms with Crippen molar-refractivity contribution in [3.8, 4) is 0 Å². The maximum Gasteiger partial charge on any atom is 0.110 e. The van der Waals surface area contributed by atoms with E-state index in [9.17, 15) is 0 Å². The zero-order valence-corrected chi connectivity index (χ0v) is 12.9. The molecule has 2 aromatic rings. The topological polar surface area (TPSA) is 47.7 Å². The molecule has 0 radical (unpaired) electrons. The lowest BCUT2D eigenvalue weighted by molar-refractivity contribution is 0.540. The Morgan fingerprint density at radius 3 is 2.80 bits per heavy atom. The zero-order valence-electron chi connectivity index (χ0n) is 12.9. The molecule has 0 aliphatic rings. The number of rotatable bonds is 7. The van der Waals surface area contributed by atoms with E-state index in [0.29, 0.717) is 0 Å². The highest BCUT2D eigenvalue weighted by Gasteiger charge is 2.18. The van der Waals surface area contributed by atoms with Gasteiger partial charge in [-0.15, -0.1) is 0 Å². The molecule has 0 amide bonds. The molecule has 1 atom stereocenters. The molecule has 2 aromatic heterocycles. The van der Waals surface area contributed by atoms with Gasteiger partial charge in [-0.1, -0.05) is 13.8 Å². The first kappa shape index (κ1) is 14.8. The van der Waals surface area contributed by atoms with E-state index >= 15 is 0 Å². The number of hydrogen-bond donors (Lipinski definition) is 1. The summed E-state index contributed by atoms with van der Waals surface area (Å²) < 4.78 is 4.14. The van der Waals surface area contributed by atoms with Gasteiger partial charge >= 0.3 is 0 Å². The van der Waals surface area contributed by atoms with Crippen molar-refractivity contribution in [2.75, 3.05) is 7.05 Å². The van der Waals surface area contributed by atoms with Crippen molar-refractivity contribution in [2.45, 2.75) is 45.7 Å². The maximum absolute atomic E-state index is 4.54. The lowest BCUT2D eigenvalue weighted by Crippen LogP contribution is -2.21. The highest BCUT2D eigenvalue weighted by atomic mass is 15.3. The van der Waals surface area contributed by atoms with Crippen LogP contribution in [0, 0.1) is 0 Å². The molecule has 0 saturated heterocycles. The summed E-state index contributed by atoms with van der Waals surface area (Å²) in [6.45, 7) is 5.37. The quantitative estimate of drug-likeness (QED) is 0.841. The maximum atomic E-state index is 4.54. The molecule has 1 N–H and O–H groups in total. The van der Waals surface area contributed by atoms with E-state index in [1.807, 2.05) is 25.0 Å². The third kappa shape index (κ3) is 3.10. The van der Waals surface area contributed by atoms with E-state index in [1.165, 1.54) is 11.3 Å². The smallest absolute Gasteiger partial charge is 0.110 e. The van der Waals surface area contributed by atoms with E-state index in [4.69, 9.17) is 0 Å². The first-order valence-corrected chi connectivity index (χ1v) is 7.39. The molecule has 0 bridgehead atoms. The molecule has 2 heterocycles. The molecule has 0 aromatic carbocycles. The summed E-state index contributed by atoms with van der Waals surface area (Å²) in [4.78, 5) is 4.51. The van der Waals surface area contributed by atoms with E-state index in [0.717, 1.165) is 31.6 Å². The Labute approximate surface area is 121 Å². The third-order valence-corrected chi connectivity index (χ3v) is 3.65. The summed E-state index contributed by atoms with van der Waals surface area (Å²) in [5.41, 5.74) is 2.45. The van der Waals surface area contributed by atoms with Crippen LogP contribution in [-0.4, -0.2) is 26.4 Å². The first-order valence-electron chi connectivity index (χ1n) is 7.39. The number of aryl methyl sites for hydroxylation is 3. The monoisotopic (exact) mass is 275 g/mol. The molecule has 20 heavy (non-hydrogen) atoms. The Hall–Kier alpha value is -1.62. The summed E-state index contributed by atoms with van der Waals surface area (Å²) in [5, 5.41) is 7.94. The number of aromatic nitrogens is 4. The highest BCUT2D eigenvalue weighted by molar-refractivity contribution is 5.22. The van der Waals surface area contributed by atoms with Crippen molar-refractivity contribution < 1.29 is 0 Å². The minimum Gasteiger partial charge on any atom is -0.335 e. The summed E-state index contributed by atoms with van der Waals surface area (Å²) in [6.07, 6.45) is 9.05. The fourth-order valence-electron chi connectivity index (χ4n) is 2.64. The van der Waals surface area contributed by atoms with Gasteiger partial charge in [0.05, 0.1) is 5.69 Å². The van der Waals surface area contributed by atoms with Crippen LogP contribution in [0.3, 0.4) is 0 Å². The second-order valence-corrected chi connectivity index (χ2v) is 5.14. The molecule has 110 valence electrons. The lowest BCUT2D eigenvalue weighted by Gasteiger charge is -2.16. The van der Waals surface area contributed by atoms with Gasteiger partial charge in [0.15, 0.2) is 0 Å². The largest absolute Gasteiger partial charge is 0.335 e. The minimum absolute atomic E-state index is 0.261. The fraction of sp³-hybridized carbons (Fsp3) is 0.600. The predicted molar refractivity (Wildman–Crippen MR) is 80.6 cm³/mol. The van der Waals surface area contributed by atoms with Crippen LogP contribution in [0.4, 0.5) is 0 Å². The van der Waals surface area contributed by atoms with Crippen molar-refractivity contribution in [1.29, 1.82) is 0 Å². The van der Waals surface area contributed by atoms with Gasteiger partial charge in [0.25, 0.3) is 0 Å². The van der Waals surface area contributed by atoms with Crippen LogP contribution in [0.5, 0.6) is 0 Å². The first-order chi connectivity index (χ1) is 9.69. The summed E-state index contributed by atoms with van der Waals surface area (Å²) >= 11 is 0. The molecule has 0 spiro atoms. The van der Waals surface area contributed by atoms with Crippen molar-refractivity contribution >= 4 is 0 Å². The van der Waals surface area contributed by atoms with E-state index < -0.39 is 0 Å². The molecular formula is C15H25N5. The Balaban J connectivity index is 2.22. The number of hydrogen-bond acceptors (Lipinski definition) is 3. The van der Waals surface area contributed by atoms with Crippen LogP contribution < -0.4 is 5.32 Å². The molecular weight excluding hydrogens is 250 g/mol. The van der Waals surface area contributed by atoms with Crippen LogP contribution in [-0.2, 0) is 26.4 Å². The van der Waals surface area contributed by atoms with Crippen LogP contribution in [0.2, 0.25) is 0 Å². The van der Waals surface area contributed by atoms with Gasteiger partial charge in [0, 0.05) is 50.2 Å². The highest BCUT2D eigenvalue weighted by Crippen LogP contribution is 2.21. The van der Waals surface area contributed by atoms with Gasteiger partial charge in [-0.2, -0.15) is 5.10 Å². The Bertz CT molecular complexity index is 540. The van der Waals surface area contributed by atoms with Gasteiger partial charge in [-0.3, -0.25) is 4.68 Å². The van der Waals surface area contributed by atoms with Crippen molar-refractivity contribution in [3.63, 3.8) is 0 Å². The van der Waals surface area contributed by atoms with Crippen LogP contribution in [0.25, 0.3) is 0 Å². The Morgan fingerprint density at radius 1 is 1.35 bits per heavy atom. The molecule has 0 saturated carbocycles. The Kier molecular flexibility index (Phi) is 4.95. The summed E-state index contributed by atoms with van der Waals surface area (Å²) in [5.74, 6) is 1.14. The molecule has 0 fully saturated rings. The van der Waals surface area contributed by atoms with E-state index in [-0.39, 0.29) is 6.04 Å². The van der Waals surface area contributed by atoms with Crippen molar-refractivity contribution in [1.82, 2.24) is 24.6 Å². The van der Waals surface area contributed by atoms with Crippen LogP contribution in [0.15, 0.2) is 18.6 Å². The van der Waals surface area contributed by atoms with Crippen LogP contribution in [0.1, 0.15) is 43.4 Å². The second-order valence-electron chi connectivity index (χ2n) is 5.14. The molecule has 0 aliphatic heterocycles. The van der Waals surface area contributed by atoms with E-state index in [2.05, 4.69) is 46.2 Å². The molecule has 1 unspecified atom stereocenters. The fourth-order valence-corrected chi connectivity index (χ4v) is 2.64. The number of likely N-dealkylation sites (N-methyl/N-ethyl adjacent to an activating group) is 1. The van der Waals surface area contributed by atoms with Crippen LogP contribution >= 0.6 is 0 Å². The molecule has 2 rings (SSSR count). The Morgan fingerprint density at radius 2 is 2.15 bits per heavy atom. The standard InChI is InChI=1S/C15H25N5/c1-5-8-20-9-7-17-15(20)10-14(16-3)12-11-19(4)18-13(12)6-2/h7,9,11,14,16H,5-6,8,10H2,1-4H3. The van der Waals surface area contributed by atoms with Gasteiger partial charge < -0.3 is 9.88 Å². The molecule has 0 aliphatic carbocycles. The summed E-state index contributed by atoms with van der Waals surface area (Å²) in [7, 11) is 3.98. The predicted octanol–water partition coefficient (Wildman–Crippen LogP) is 2.09. The van der Waals surface area contributed by atoms with Gasteiger partial charge in [0.1, 0.15) is 5.82 Å². The number of nitrogens with zero attached hydrogens (tertiary/aromatic N) is 4. The number of nitrogens with one attached hydrogen (secondary N) is 1. The van der Waals surface area contributed by atoms with Gasteiger partial charge in [0.2, 0.25) is 0 Å². The lowest BCUT2D eigenvalue weighted by atomic mass is 10.0. The van der Waals surface area contributed by atoms with E-state index in [1.54, 1.807) is 0 Å². The van der Waals surface area contributed by atoms with Crippen molar-refractivity contribution in [3.05, 3.63) is 35.7 Å². The number of imidazole rings is 1. The minimum atomic E-state index is 0.261. The third-order valence-electron chi connectivity index (χ3n) is 3.65.